The van der Waals surface area contributed by atoms with Gasteiger partial charge in [-0.25, -0.2) is 21.6 Å². The maximum absolute atomic E-state index is 14.1. The Labute approximate surface area is 374 Å². The number of sulfone groups is 1. The molecule has 1 atom stereocenters. The summed E-state index contributed by atoms with van der Waals surface area (Å²) in [6.45, 7) is 17.4. The van der Waals surface area contributed by atoms with Crippen molar-refractivity contribution in [2.24, 2.45) is 5.41 Å². The number of alkyl halides is 3. The topological polar surface area (TPSA) is 119 Å². The summed E-state index contributed by atoms with van der Waals surface area (Å²) in [6, 6.07) is 16.4. The minimum absolute atomic E-state index is 0.00264. The summed E-state index contributed by atoms with van der Waals surface area (Å²) in [4.78, 5) is 18.7. The largest absolute Gasteiger partial charge is 0.501 e. The fraction of sp³-hybridized carbons (Fsp3) is 0.444. The quantitative estimate of drug-likeness (QED) is 0.120. The normalized spacial score (nSPS) is 17.3. The summed E-state index contributed by atoms with van der Waals surface area (Å²) in [5, 5.41) is 3.65. The predicted octanol–water partition coefficient (Wildman–Crippen LogP) is 9.48. The van der Waals surface area contributed by atoms with E-state index < -0.39 is 52.8 Å². The van der Waals surface area contributed by atoms with E-state index in [1.165, 1.54) is 40.6 Å². The van der Waals surface area contributed by atoms with Crippen molar-refractivity contribution in [3.8, 4) is 0 Å². The van der Waals surface area contributed by atoms with Gasteiger partial charge in [-0.1, -0.05) is 68.8 Å². The number of benzene rings is 3. The molecule has 1 fully saturated rings. The molecule has 3 aromatic rings. The van der Waals surface area contributed by atoms with Crippen LogP contribution in [0.3, 0.4) is 0 Å². The van der Waals surface area contributed by atoms with Gasteiger partial charge < -0.3 is 15.1 Å². The maximum atomic E-state index is 14.1. The number of sulfonamides is 1. The first-order valence-electron chi connectivity index (χ1n) is 20.6. The van der Waals surface area contributed by atoms with Crippen molar-refractivity contribution in [1.29, 1.82) is 0 Å². The molecule has 3 aromatic carbocycles. The van der Waals surface area contributed by atoms with Crippen LogP contribution in [-0.4, -0.2) is 103 Å². The predicted molar refractivity (Wildman–Crippen MR) is 247 cm³/mol. The van der Waals surface area contributed by atoms with Crippen LogP contribution >= 0.6 is 23.4 Å². The molecule has 2 N–H and O–H groups in total. The number of carbonyl (C=O) groups is 1. The average molecular weight is 937 g/mol. The van der Waals surface area contributed by atoms with Gasteiger partial charge in [-0.2, -0.15) is 13.2 Å². The van der Waals surface area contributed by atoms with Crippen molar-refractivity contribution in [3.63, 3.8) is 0 Å². The van der Waals surface area contributed by atoms with Gasteiger partial charge in [0.1, 0.15) is 4.90 Å². The Morgan fingerprint density at radius 3 is 2.29 bits per heavy atom. The molecular weight excluding hydrogens is 879 g/mol. The van der Waals surface area contributed by atoms with E-state index in [0.29, 0.717) is 36.4 Å². The molecule has 2 aliphatic rings. The molecule has 0 aromatic heterocycles. The van der Waals surface area contributed by atoms with Crippen LogP contribution in [0.25, 0.3) is 5.57 Å². The number of piperazine rings is 1. The summed E-state index contributed by atoms with van der Waals surface area (Å²) in [5.41, 5.74) is -1.01. The number of amides is 1. The molecule has 1 amide bonds. The van der Waals surface area contributed by atoms with Crippen molar-refractivity contribution in [2.75, 3.05) is 68.8 Å². The number of carbonyl (C=O) groups excluding carboxylic acids is 1. The lowest BCUT2D eigenvalue weighted by Crippen LogP contribution is -2.47. The van der Waals surface area contributed by atoms with Gasteiger partial charge in [0.05, 0.1) is 10.6 Å². The first-order chi connectivity index (χ1) is 29.1. The van der Waals surface area contributed by atoms with E-state index >= 15 is 0 Å². The van der Waals surface area contributed by atoms with E-state index in [4.69, 9.17) is 11.6 Å². The third-order valence-corrected chi connectivity index (χ3v) is 15.6. The molecule has 1 saturated heterocycles. The minimum Gasteiger partial charge on any atom is -0.380 e. The number of thioether (sulfide) groups is 1. The van der Waals surface area contributed by atoms with E-state index in [-0.39, 0.29) is 11.0 Å². The molecule has 0 saturated carbocycles. The molecule has 1 heterocycles. The molecule has 1 aliphatic carbocycles. The number of hydrogen-bond donors (Lipinski definition) is 2. The summed E-state index contributed by atoms with van der Waals surface area (Å²) < 4.78 is 96.9. The monoisotopic (exact) mass is 935 g/mol. The van der Waals surface area contributed by atoms with Gasteiger partial charge in [0, 0.05) is 60.8 Å². The van der Waals surface area contributed by atoms with Crippen LogP contribution in [0.2, 0.25) is 5.02 Å². The van der Waals surface area contributed by atoms with Crippen LogP contribution < -0.4 is 14.9 Å². The zero-order valence-corrected chi connectivity index (χ0v) is 39.1. The van der Waals surface area contributed by atoms with E-state index in [0.717, 1.165) is 74.7 Å². The fourth-order valence-corrected chi connectivity index (χ4v) is 10.7. The number of hydrogen-bond acceptors (Lipinski definition) is 10. The van der Waals surface area contributed by atoms with Gasteiger partial charge in [-0.3, -0.25) is 9.69 Å². The molecule has 0 spiro atoms. The third kappa shape index (κ3) is 12.9. The highest BCUT2D eigenvalue weighted by molar-refractivity contribution is 8.03. The average Bonchev–Trinajstić information content (AvgIpc) is 3.21. The molecule has 0 bridgehead atoms. The molecule has 10 nitrogen and oxygen atoms in total. The Morgan fingerprint density at radius 1 is 1.02 bits per heavy atom. The van der Waals surface area contributed by atoms with Gasteiger partial charge in [-0.15, -0.1) is 11.8 Å². The second kappa shape index (κ2) is 20.8. The number of allylic oxidation sites excluding steroid dienone is 4. The zero-order valence-electron chi connectivity index (χ0n) is 35.9. The Morgan fingerprint density at radius 2 is 1.68 bits per heavy atom. The van der Waals surface area contributed by atoms with Crippen LogP contribution in [0.5, 0.6) is 0 Å². The van der Waals surface area contributed by atoms with Gasteiger partial charge in [-0.05, 0) is 129 Å². The highest BCUT2D eigenvalue weighted by Gasteiger charge is 2.48. The van der Waals surface area contributed by atoms with E-state index in [2.05, 4.69) is 47.7 Å². The molecule has 62 heavy (non-hydrogen) atoms. The summed E-state index contributed by atoms with van der Waals surface area (Å²) in [7, 11) is -8.98. The van der Waals surface area contributed by atoms with E-state index in [9.17, 15) is 34.8 Å². The number of halogens is 4. The summed E-state index contributed by atoms with van der Waals surface area (Å²) >= 11 is 7.60. The first kappa shape index (κ1) is 49.2. The zero-order chi connectivity index (χ0) is 45.5. The van der Waals surface area contributed by atoms with Crippen molar-refractivity contribution < 1.29 is 34.8 Å². The Kier molecular flexibility index (Phi) is 16.5. The van der Waals surface area contributed by atoms with Crippen LogP contribution in [0.1, 0.15) is 69.3 Å². The molecule has 0 unspecified atom stereocenters. The van der Waals surface area contributed by atoms with Crippen molar-refractivity contribution in [1.82, 2.24) is 14.5 Å². The van der Waals surface area contributed by atoms with Crippen molar-refractivity contribution >= 4 is 66.1 Å². The van der Waals surface area contributed by atoms with Crippen molar-refractivity contribution in [3.05, 3.63) is 112 Å². The second-order valence-electron chi connectivity index (χ2n) is 16.6. The van der Waals surface area contributed by atoms with Crippen LogP contribution in [0, 0.1) is 5.41 Å². The smallest absolute Gasteiger partial charge is 0.380 e. The number of anilines is 2. The molecule has 5 rings (SSSR count). The van der Waals surface area contributed by atoms with E-state index in [1.807, 2.05) is 42.6 Å². The van der Waals surface area contributed by atoms with Crippen LogP contribution in [-0.2, 0) is 19.9 Å². The molecule has 17 heteroatoms. The Bertz CT molecular complexity index is 2350. The molecule has 1 aliphatic heterocycles. The van der Waals surface area contributed by atoms with Gasteiger partial charge in [0.15, 0.2) is 0 Å². The summed E-state index contributed by atoms with van der Waals surface area (Å²) in [5.74, 6) is -0.655. The number of nitrogens with zero attached hydrogens (tertiary/aromatic N) is 3. The number of rotatable bonds is 18. The molecule has 0 radical (unpaired) electrons. The lowest BCUT2D eigenvalue weighted by molar-refractivity contribution is -0.0435. The first-order valence-corrected chi connectivity index (χ1v) is 24.9. The van der Waals surface area contributed by atoms with E-state index in [1.54, 1.807) is 24.3 Å². The Balaban J connectivity index is 1.27. The highest BCUT2D eigenvalue weighted by atomic mass is 35.5. The number of nitrogens with one attached hydrogen (secondary N) is 2. The fourth-order valence-electron chi connectivity index (χ4n) is 7.59. The lowest BCUT2D eigenvalue weighted by atomic mass is 9.73. The molecule has 338 valence electrons. The summed E-state index contributed by atoms with van der Waals surface area (Å²) in [6.07, 6.45) is 6.98. The third-order valence-electron chi connectivity index (χ3n) is 11.4. The van der Waals surface area contributed by atoms with Gasteiger partial charge >= 0.3 is 5.51 Å². The molecular formula is C45H57ClF3N5O5S3. The maximum Gasteiger partial charge on any atom is 0.501 e. The van der Waals surface area contributed by atoms with Crippen molar-refractivity contribution in [2.45, 2.75) is 74.7 Å². The van der Waals surface area contributed by atoms with Gasteiger partial charge in [0.25, 0.3) is 25.8 Å². The standard InChI is InChI=1S/C45H57ClF3N5O5S3/c1-7-9-32(3)60-31-37(21-23-52(6)8-2)50-41-19-18-39(28-42(41)61(56,57)45(47,48)49)62(58,59)51-43(55)34-12-16-38(17-13-34)54-26-24-53(25-27-54)30-35-29-44(4,5)22-20-40(35)33-10-14-36(46)15-11-33/h7,9-19,28,37,50H,1,8,20-27,29-31H2,2-6H3,(H,51,55)/b32-9+/t37-/m1/s1. The minimum atomic E-state index is -6.03. The van der Waals surface area contributed by atoms with Crippen LogP contribution in [0.15, 0.2) is 106 Å². The SMILES string of the molecule is C=C/C=C(\C)SC[C@@H](CCN(C)CC)Nc1ccc(S(=O)(=O)NC(=O)c2ccc(N3CCN(CC4=C(c5ccc(Cl)cc5)CCC(C)(C)C4)CC3)cc2)cc1S(=O)(=O)C(F)(F)F. The van der Waals surface area contributed by atoms with Crippen LogP contribution in [0.4, 0.5) is 24.5 Å². The highest BCUT2D eigenvalue weighted by Crippen LogP contribution is 2.43. The Hall–Kier alpha value is -3.80. The van der Waals surface area contributed by atoms with Gasteiger partial charge in [0.2, 0.25) is 0 Å². The second-order valence-corrected chi connectivity index (χ2v) is 21.9. The lowest BCUT2D eigenvalue weighted by Gasteiger charge is -2.39.